The van der Waals surface area contributed by atoms with Crippen LogP contribution in [0.15, 0.2) is 24.3 Å². The fourth-order valence-electron chi connectivity index (χ4n) is 3.24. The second-order valence-corrected chi connectivity index (χ2v) is 6.79. The van der Waals surface area contributed by atoms with Crippen molar-refractivity contribution in [2.24, 2.45) is 0 Å². The zero-order valence-electron chi connectivity index (χ0n) is 13.7. The van der Waals surface area contributed by atoms with Crippen LogP contribution in [0.5, 0.6) is 0 Å². The van der Waals surface area contributed by atoms with Gasteiger partial charge in [0.1, 0.15) is 0 Å². The molecule has 4 nitrogen and oxygen atoms in total. The second kappa shape index (κ2) is 6.69. The van der Waals surface area contributed by atoms with E-state index in [9.17, 15) is 4.79 Å². The highest BCUT2D eigenvalue weighted by Gasteiger charge is 2.31. The Labute approximate surface area is 133 Å². The number of carbonyl (C=O) groups excluding carboxylic acids is 1. The van der Waals surface area contributed by atoms with Gasteiger partial charge in [-0.1, -0.05) is 0 Å². The predicted octanol–water partition coefficient (Wildman–Crippen LogP) is 3.10. The Morgan fingerprint density at radius 3 is 2.41 bits per heavy atom. The Hall–Kier alpha value is -1.55. The first-order valence-corrected chi connectivity index (χ1v) is 8.54. The Balaban J connectivity index is 1.54. The van der Waals surface area contributed by atoms with E-state index in [0.29, 0.717) is 18.6 Å². The molecule has 0 radical (unpaired) electrons. The molecule has 0 spiro atoms. The largest absolute Gasteiger partial charge is 0.372 e. The van der Waals surface area contributed by atoms with E-state index < -0.39 is 0 Å². The van der Waals surface area contributed by atoms with Crippen LogP contribution in [-0.2, 0) is 4.79 Å². The van der Waals surface area contributed by atoms with Crippen molar-refractivity contribution >= 4 is 17.3 Å². The molecule has 0 aromatic heterocycles. The van der Waals surface area contributed by atoms with Crippen LogP contribution in [0.2, 0.25) is 0 Å². The van der Waals surface area contributed by atoms with Gasteiger partial charge in [0.05, 0.1) is 6.54 Å². The maximum atomic E-state index is 12.2. The van der Waals surface area contributed by atoms with Gasteiger partial charge in [0, 0.05) is 36.5 Å². The number of nitrogens with one attached hydrogen (secondary N) is 1. The van der Waals surface area contributed by atoms with E-state index in [4.69, 9.17) is 0 Å². The number of nitrogens with zero attached hydrogens (tertiary/aromatic N) is 2. The van der Waals surface area contributed by atoms with Crippen molar-refractivity contribution in [3.63, 3.8) is 0 Å². The summed E-state index contributed by atoms with van der Waals surface area (Å²) in [5.74, 6) is 0.0922. The Bertz CT molecular complexity index is 500. The summed E-state index contributed by atoms with van der Waals surface area (Å²) in [5.41, 5.74) is 2.16. The quantitative estimate of drug-likeness (QED) is 0.877. The van der Waals surface area contributed by atoms with Crippen molar-refractivity contribution in [2.75, 3.05) is 29.9 Å². The van der Waals surface area contributed by atoms with Crippen LogP contribution in [-0.4, -0.2) is 42.5 Å². The van der Waals surface area contributed by atoms with Crippen molar-refractivity contribution in [1.82, 2.24) is 4.90 Å². The molecule has 1 heterocycles. The fourth-order valence-corrected chi connectivity index (χ4v) is 3.24. The second-order valence-electron chi connectivity index (χ2n) is 6.79. The maximum Gasteiger partial charge on any atom is 0.238 e. The van der Waals surface area contributed by atoms with Crippen molar-refractivity contribution in [1.29, 1.82) is 0 Å². The Morgan fingerprint density at radius 2 is 1.86 bits per heavy atom. The summed E-state index contributed by atoms with van der Waals surface area (Å²) in [4.78, 5) is 16.9. The van der Waals surface area contributed by atoms with Gasteiger partial charge in [-0.3, -0.25) is 9.69 Å². The molecular formula is C18H27N3O. The monoisotopic (exact) mass is 301 g/mol. The van der Waals surface area contributed by atoms with Gasteiger partial charge in [0.15, 0.2) is 0 Å². The van der Waals surface area contributed by atoms with Crippen LogP contribution in [0.3, 0.4) is 0 Å². The van der Waals surface area contributed by atoms with Crippen LogP contribution in [0, 0.1) is 0 Å². The molecule has 3 rings (SSSR count). The molecule has 1 aromatic carbocycles. The van der Waals surface area contributed by atoms with Gasteiger partial charge in [0.25, 0.3) is 0 Å². The topological polar surface area (TPSA) is 35.6 Å². The highest BCUT2D eigenvalue weighted by molar-refractivity contribution is 5.92. The number of carbonyl (C=O) groups is 1. The normalized spacial score (nSPS) is 18.3. The average Bonchev–Trinajstić information content (AvgIpc) is 3.19. The first kappa shape index (κ1) is 15.3. The standard InChI is InChI=1S/C18H27N3O/c1-14(2)21(17-9-10-17)13-18(22)19-15-5-7-16(8-6-15)20-11-3-4-12-20/h5-8,14,17H,3-4,9-13H2,1-2H3,(H,19,22). The van der Waals surface area contributed by atoms with Gasteiger partial charge in [-0.05, 0) is 63.8 Å². The van der Waals surface area contributed by atoms with Crippen LogP contribution in [0.1, 0.15) is 39.5 Å². The fraction of sp³-hybridized carbons (Fsp3) is 0.611. The smallest absolute Gasteiger partial charge is 0.238 e. The average molecular weight is 301 g/mol. The van der Waals surface area contributed by atoms with Gasteiger partial charge in [-0.25, -0.2) is 0 Å². The summed E-state index contributed by atoms with van der Waals surface area (Å²) in [7, 11) is 0. The molecule has 0 bridgehead atoms. The van der Waals surface area contributed by atoms with Gasteiger partial charge in [-0.15, -0.1) is 0 Å². The summed E-state index contributed by atoms with van der Waals surface area (Å²) in [6, 6.07) is 9.30. The van der Waals surface area contributed by atoms with Crippen LogP contribution in [0.25, 0.3) is 0 Å². The zero-order valence-corrected chi connectivity index (χ0v) is 13.7. The van der Waals surface area contributed by atoms with E-state index >= 15 is 0 Å². The maximum absolute atomic E-state index is 12.2. The number of hydrogen-bond acceptors (Lipinski definition) is 3. The number of benzene rings is 1. The first-order valence-electron chi connectivity index (χ1n) is 8.54. The van der Waals surface area contributed by atoms with Crippen molar-refractivity contribution in [2.45, 2.75) is 51.6 Å². The van der Waals surface area contributed by atoms with Gasteiger partial charge in [-0.2, -0.15) is 0 Å². The molecule has 2 aliphatic rings. The minimum absolute atomic E-state index is 0.0922. The predicted molar refractivity (Wildman–Crippen MR) is 91.4 cm³/mol. The number of anilines is 2. The third kappa shape index (κ3) is 3.80. The summed E-state index contributed by atoms with van der Waals surface area (Å²) < 4.78 is 0. The third-order valence-electron chi connectivity index (χ3n) is 4.63. The minimum atomic E-state index is 0.0922. The molecule has 1 saturated carbocycles. The van der Waals surface area contributed by atoms with E-state index in [1.54, 1.807) is 0 Å². The highest BCUT2D eigenvalue weighted by atomic mass is 16.2. The molecule has 1 N–H and O–H groups in total. The van der Waals surface area contributed by atoms with Gasteiger partial charge in [0.2, 0.25) is 5.91 Å². The SMILES string of the molecule is CC(C)N(CC(=O)Nc1ccc(N2CCCC2)cc1)C1CC1. The molecule has 1 amide bonds. The lowest BCUT2D eigenvalue weighted by molar-refractivity contribution is -0.117. The molecule has 0 unspecified atom stereocenters. The minimum Gasteiger partial charge on any atom is -0.372 e. The molecule has 120 valence electrons. The molecule has 1 saturated heterocycles. The molecule has 22 heavy (non-hydrogen) atoms. The lowest BCUT2D eigenvalue weighted by atomic mass is 10.2. The van der Waals surface area contributed by atoms with Gasteiger partial charge >= 0.3 is 0 Å². The summed E-state index contributed by atoms with van der Waals surface area (Å²) in [5, 5.41) is 3.03. The summed E-state index contributed by atoms with van der Waals surface area (Å²) in [6.07, 6.45) is 5.03. The van der Waals surface area contributed by atoms with E-state index in [0.717, 1.165) is 18.8 Å². The van der Waals surface area contributed by atoms with Crippen LogP contribution >= 0.6 is 0 Å². The molecular weight excluding hydrogens is 274 g/mol. The van der Waals surface area contributed by atoms with Crippen molar-refractivity contribution < 1.29 is 4.79 Å². The molecule has 2 fully saturated rings. The highest BCUT2D eigenvalue weighted by Crippen LogP contribution is 2.28. The first-order chi connectivity index (χ1) is 10.6. The van der Waals surface area contributed by atoms with Crippen molar-refractivity contribution in [3.8, 4) is 0 Å². The Kier molecular flexibility index (Phi) is 4.67. The molecule has 1 aromatic rings. The molecule has 0 atom stereocenters. The summed E-state index contributed by atoms with van der Waals surface area (Å²) in [6.45, 7) is 7.12. The van der Waals surface area contributed by atoms with Crippen LogP contribution in [0.4, 0.5) is 11.4 Å². The molecule has 1 aliphatic heterocycles. The van der Waals surface area contributed by atoms with Crippen molar-refractivity contribution in [3.05, 3.63) is 24.3 Å². The van der Waals surface area contributed by atoms with E-state index in [-0.39, 0.29) is 5.91 Å². The Morgan fingerprint density at radius 1 is 1.23 bits per heavy atom. The number of hydrogen-bond donors (Lipinski definition) is 1. The lowest BCUT2D eigenvalue weighted by Crippen LogP contribution is -2.39. The third-order valence-corrected chi connectivity index (χ3v) is 4.63. The van der Waals surface area contributed by atoms with E-state index in [1.807, 2.05) is 12.1 Å². The molecule has 4 heteroatoms. The number of rotatable bonds is 6. The summed E-state index contributed by atoms with van der Waals surface area (Å²) >= 11 is 0. The molecule has 1 aliphatic carbocycles. The number of amides is 1. The zero-order chi connectivity index (χ0) is 15.5. The van der Waals surface area contributed by atoms with Crippen LogP contribution < -0.4 is 10.2 Å². The van der Waals surface area contributed by atoms with E-state index in [2.05, 4.69) is 41.1 Å². The van der Waals surface area contributed by atoms with Gasteiger partial charge < -0.3 is 10.2 Å². The van der Waals surface area contributed by atoms with E-state index in [1.165, 1.54) is 31.4 Å². The lowest BCUT2D eigenvalue weighted by Gasteiger charge is -2.25.